The highest BCUT2D eigenvalue weighted by molar-refractivity contribution is 5.86. The van der Waals surface area contributed by atoms with E-state index >= 15 is 0 Å². The fraction of sp³-hybridized carbons (Fsp3) is 0.333. The van der Waals surface area contributed by atoms with E-state index in [9.17, 15) is 19.2 Å². The summed E-state index contributed by atoms with van der Waals surface area (Å²) in [5.41, 5.74) is 5.01. The van der Waals surface area contributed by atoms with Crippen LogP contribution in [-0.2, 0) is 22.4 Å². The van der Waals surface area contributed by atoms with E-state index in [4.69, 9.17) is 28.4 Å². The van der Waals surface area contributed by atoms with Crippen molar-refractivity contribution in [3.8, 4) is 67.9 Å². The predicted molar refractivity (Wildman–Crippen MR) is 204 cm³/mol. The van der Waals surface area contributed by atoms with Gasteiger partial charge in [0.05, 0.1) is 54.7 Å². The lowest BCUT2D eigenvalue weighted by atomic mass is 9.95. The maximum Gasteiger partial charge on any atom is 0.217 e. The van der Waals surface area contributed by atoms with Crippen LogP contribution in [0.1, 0.15) is 61.0 Å². The van der Waals surface area contributed by atoms with Gasteiger partial charge in [-0.1, -0.05) is 12.1 Å². The highest BCUT2D eigenvalue weighted by atomic mass is 16.5. The Hall–Kier alpha value is -6.04. The quantitative estimate of drug-likeness (QED) is 0.219. The van der Waals surface area contributed by atoms with Crippen molar-refractivity contribution < 1.29 is 38.0 Å². The number of fused-ring (bicyclic) bond motifs is 6. The van der Waals surface area contributed by atoms with E-state index in [-0.39, 0.29) is 22.9 Å². The molecule has 4 aromatic rings. The summed E-state index contributed by atoms with van der Waals surface area (Å²) in [4.78, 5) is 53.7. The van der Waals surface area contributed by atoms with Crippen LogP contribution < -0.4 is 49.9 Å². The molecule has 0 saturated heterocycles. The second-order valence-electron chi connectivity index (χ2n) is 13.2. The minimum atomic E-state index is -0.524. The van der Waals surface area contributed by atoms with E-state index in [2.05, 4.69) is 10.6 Å². The van der Waals surface area contributed by atoms with Gasteiger partial charge in [-0.3, -0.25) is 19.2 Å². The first-order chi connectivity index (χ1) is 26.0. The fourth-order valence-corrected chi connectivity index (χ4v) is 7.86. The lowest BCUT2D eigenvalue weighted by Crippen LogP contribution is -2.26. The zero-order chi connectivity index (χ0) is 38.8. The number of amides is 2. The molecular weight excluding hydrogens is 692 g/mol. The van der Waals surface area contributed by atoms with Crippen molar-refractivity contribution in [2.24, 2.45) is 0 Å². The number of carbonyl (C=O) groups is 2. The SMILES string of the molecule is COc1cc2c(c(OC)c1OC)-c1ccc(-c3ccc4c(cc3=O)[C@@H](NC(C)=O)CCc3cc(OC)c(OC)c(OC)c3-4)c(=O)cc1[C@@H](NC(C)=O)CC2. The Labute approximate surface area is 313 Å². The summed E-state index contributed by atoms with van der Waals surface area (Å²) in [7, 11) is 9.20. The summed E-state index contributed by atoms with van der Waals surface area (Å²) in [6.07, 6.45) is 2.05. The largest absolute Gasteiger partial charge is 0.493 e. The smallest absolute Gasteiger partial charge is 0.217 e. The van der Waals surface area contributed by atoms with Crippen LogP contribution in [0.3, 0.4) is 0 Å². The maximum absolute atomic E-state index is 14.4. The van der Waals surface area contributed by atoms with Crippen LogP contribution in [0.4, 0.5) is 0 Å². The van der Waals surface area contributed by atoms with Gasteiger partial charge in [0.25, 0.3) is 0 Å². The van der Waals surface area contributed by atoms with Crippen LogP contribution in [-0.4, -0.2) is 54.5 Å². The van der Waals surface area contributed by atoms with E-state index < -0.39 is 22.9 Å². The Morgan fingerprint density at radius 1 is 0.519 bits per heavy atom. The summed E-state index contributed by atoms with van der Waals surface area (Å²) in [6.45, 7) is 2.86. The first-order valence-electron chi connectivity index (χ1n) is 17.5. The lowest BCUT2D eigenvalue weighted by Gasteiger charge is -2.19. The van der Waals surface area contributed by atoms with Gasteiger partial charge >= 0.3 is 0 Å². The Balaban J connectivity index is 1.65. The molecule has 0 unspecified atom stereocenters. The van der Waals surface area contributed by atoms with Crippen molar-refractivity contribution in [1.29, 1.82) is 0 Å². The number of rotatable bonds is 9. The number of hydrogen-bond donors (Lipinski definition) is 2. The molecule has 0 fully saturated rings. The van der Waals surface area contributed by atoms with Crippen LogP contribution >= 0.6 is 0 Å². The minimum absolute atomic E-state index is 0.149. The number of nitrogens with one attached hydrogen (secondary N) is 2. The molecule has 2 atom stereocenters. The van der Waals surface area contributed by atoms with E-state index in [0.717, 1.165) is 11.1 Å². The molecule has 12 heteroatoms. The van der Waals surface area contributed by atoms with Gasteiger partial charge < -0.3 is 39.1 Å². The summed E-state index contributed by atoms with van der Waals surface area (Å²) < 4.78 is 34.6. The van der Waals surface area contributed by atoms with Crippen molar-refractivity contribution in [3.63, 3.8) is 0 Å². The molecule has 2 N–H and O–H groups in total. The molecule has 0 heterocycles. The number of hydrogen-bond acceptors (Lipinski definition) is 10. The standard InChI is InChI=1S/C42H44N2O10/c1-21(45)43-31-15-9-23-17-35(49-3)39(51-5)41(53-7)37(23)27-13-11-25(33(47)19-29(27)31)26-12-14-28-30(20-34(26)48)32(44-22(2)46)16-10-24-18-36(50-4)40(52-6)42(54-8)38(24)28/h11-14,17-20,31-32H,9-10,15-16H2,1-8H3,(H,43,45)(H,44,46)/t31-,32-/m0/s1. The molecule has 12 nitrogen and oxygen atoms in total. The Morgan fingerprint density at radius 2 is 0.870 bits per heavy atom. The van der Waals surface area contributed by atoms with E-state index in [1.165, 1.54) is 54.4 Å². The van der Waals surface area contributed by atoms with E-state index in [1.807, 2.05) is 12.1 Å². The van der Waals surface area contributed by atoms with Crippen molar-refractivity contribution in [2.45, 2.75) is 51.6 Å². The Kier molecular flexibility index (Phi) is 10.8. The number of benzene rings is 2. The van der Waals surface area contributed by atoms with Gasteiger partial charge in [-0.15, -0.1) is 0 Å². The van der Waals surface area contributed by atoms with Crippen molar-refractivity contribution in [2.75, 3.05) is 42.7 Å². The van der Waals surface area contributed by atoms with Crippen LogP contribution in [0.2, 0.25) is 0 Å². The highest BCUT2D eigenvalue weighted by Gasteiger charge is 2.32. The van der Waals surface area contributed by atoms with Gasteiger partial charge in [0, 0.05) is 36.1 Å². The molecule has 2 aliphatic carbocycles. The summed E-state index contributed by atoms with van der Waals surface area (Å²) in [6, 6.07) is 12.5. The molecule has 0 bridgehead atoms. The van der Waals surface area contributed by atoms with Gasteiger partial charge in [0.15, 0.2) is 33.9 Å². The van der Waals surface area contributed by atoms with Gasteiger partial charge in [-0.05, 0) is 95.5 Å². The molecule has 0 aliphatic heterocycles. The van der Waals surface area contributed by atoms with Crippen LogP contribution in [0.5, 0.6) is 34.5 Å². The van der Waals surface area contributed by atoms with E-state index in [0.29, 0.717) is 93.6 Å². The van der Waals surface area contributed by atoms with Gasteiger partial charge in [0.1, 0.15) is 0 Å². The third-order valence-electron chi connectivity index (χ3n) is 10.1. The molecular formula is C42H44N2O10. The predicted octanol–water partition coefficient (Wildman–Crippen LogP) is 5.71. The van der Waals surface area contributed by atoms with Crippen LogP contribution in [0.25, 0.3) is 33.4 Å². The van der Waals surface area contributed by atoms with Crippen molar-refractivity contribution in [1.82, 2.24) is 10.6 Å². The number of aryl methyl sites for hydroxylation is 2. The Bertz CT molecular complexity index is 2130. The zero-order valence-corrected chi connectivity index (χ0v) is 31.7. The first kappa shape index (κ1) is 37.7. The lowest BCUT2D eigenvalue weighted by molar-refractivity contribution is -0.120. The minimum Gasteiger partial charge on any atom is -0.493 e. The molecule has 282 valence electrons. The van der Waals surface area contributed by atoms with Gasteiger partial charge in [-0.2, -0.15) is 0 Å². The third-order valence-corrected chi connectivity index (χ3v) is 10.1. The summed E-state index contributed by atoms with van der Waals surface area (Å²) in [5.74, 6) is 2.06. The monoisotopic (exact) mass is 736 g/mol. The van der Waals surface area contributed by atoms with Crippen LogP contribution in [0, 0.1) is 0 Å². The summed E-state index contributed by atoms with van der Waals surface area (Å²) >= 11 is 0. The second-order valence-corrected chi connectivity index (χ2v) is 13.2. The van der Waals surface area contributed by atoms with Crippen LogP contribution in [0.15, 0.2) is 58.1 Å². The fourth-order valence-electron chi connectivity index (χ4n) is 7.86. The first-order valence-corrected chi connectivity index (χ1v) is 17.5. The molecule has 2 amide bonds. The zero-order valence-electron chi connectivity index (χ0n) is 31.7. The topological polar surface area (TPSA) is 148 Å². The number of methoxy groups -OCH3 is 6. The third kappa shape index (κ3) is 6.68. The Morgan fingerprint density at radius 3 is 1.19 bits per heavy atom. The normalized spacial score (nSPS) is 15.4. The molecule has 0 radical (unpaired) electrons. The molecule has 4 aromatic carbocycles. The molecule has 0 spiro atoms. The number of ether oxygens (including phenoxy) is 6. The molecule has 54 heavy (non-hydrogen) atoms. The molecule has 6 rings (SSSR count). The highest BCUT2D eigenvalue weighted by Crippen LogP contribution is 2.52. The van der Waals surface area contributed by atoms with E-state index in [1.54, 1.807) is 38.5 Å². The van der Waals surface area contributed by atoms with Gasteiger partial charge in [0.2, 0.25) is 23.3 Å². The molecule has 0 saturated carbocycles. The molecule has 0 aromatic heterocycles. The van der Waals surface area contributed by atoms with Crippen molar-refractivity contribution >= 4 is 11.8 Å². The molecule has 2 aliphatic rings. The second kappa shape index (κ2) is 15.5. The average Bonchev–Trinajstić information content (AvgIpc) is 3.54. The maximum atomic E-state index is 14.4. The number of carbonyl (C=O) groups excluding carboxylic acids is 2. The summed E-state index contributed by atoms with van der Waals surface area (Å²) in [5, 5.41) is 6.03. The van der Waals surface area contributed by atoms with Gasteiger partial charge in [-0.25, -0.2) is 0 Å². The van der Waals surface area contributed by atoms with Crippen molar-refractivity contribution in [3.05, 3.63) is 91.2 Å². The average molecular weight is 737 g/mol.